The molecule has 2 rings (SSSR count). The third-order valence-electron chi connectivity index (χ3n) is 3.88. The van der Waals surface area contributed by atoms with E-state index < -0.39 is 17.8 Å². The molecule has 1 amide bonds. The summed E-state index contributed by atoms with van der Waals surface area (Å²) in [6, 6.07) is 12.0. The third-order valence-corrected chi connectivity index (χ3v) is 3.88. The molecule has 2 N–H and O–H groups in total. The summed E-state index contributed by atoms with van der Waals surface area (Å²) >= 11 is 0. The first-order valence-corrected chi connectivity index (χ1v) is 9.10. The molecular weight excluding hydrogens is 388 g/mol. The van der Waals surface area contributed by atoms with Crippen molar-refractivity contribution in [3.63, 3.8) is 0 Å². The van der Waals surface area contributed by atoms with Crippen LogP contribution in [0.3, 0.4) is 0 Å². The van der Waals surface area contributed by atoms with Crippen molar-refractivity contribution >= 4 is 29.6 Å². The number of nitrogens with zero attached hydrogens (tertiary/aromatic N) is 1. The highest BCUT2D eigenvalue weighted by molar-refractivity contribution is 6.10. The largest absolute Gasteiger partial charge is 0.493 e. The number of carbonyl (C=O) groups is 3. The number of hydrogen-bond acceptors (Lipinski definition) is 6. The van der Waals surface area contributed by atoms with Gasteiger partial charge in [-0.2, -0.15) is 5.26 Å². The fourth-order valence-electron chi connectivity index (χ4n) is 2.49. The summed E-state index contributed by atoms with van der Waals surface area (Å²) in [6.45, 7) is 4.04. The minimum Gasteiger partial charge on any atom is -0.493 e. The van der Waals surface area contributed by atoms with E-state index in [0.29, 0.717) is 29.2 Å². The van der Waals surface area contributed by atoms with Crippen LogP contribution in [0.25, 0.3) is 6.08 Å². The van der Waals surface area contributed by atoms with E-state index in [-0.39, 0.29) is 17.7 Å². The van der Waals surface area contributed by atoms with Crippen LogP contribution in [0, 0.1) is 11.3 Å². The standard InChI is InChI=1S/C22H20N2O6/c1-3-29-19-10-7-15(21(26)27)11-16(19)12-17(13-23)20(25)24-18-8-5-14(6-9-18)22(28)30-4-2/h5-12H,3-4H2,1-2H3,(H,24,25)(H,26,27)/b17-12+. The van der Waals surface area contributed by atoms with Crippen LogP contribution in [0.1, 0.15) is 40.1 Å². The zero-order chi connectivity index (χ0) is 22.1. The van der Waals surface area contributed by atoms with Crippen molar-refractivity contribution in [2.24, 2.45) is 0 Å². The van der Waals surface area contributed by atoms with E-state index in [4.69, 9.17) is 9.47 Å². The lowest BCUT2D eigenvalue weighted by Gasteiger charge is -2.09. The van der Waals surface area contributed by atoms with Gasteiger partial charge in [-0.15, -0.1) is 0 Å². The molecule has 0 spiro atoms. The van der Waals surface area contributed by atoms with Gasteiger partial charge in [0.2, 0.25) is 0 Å². The topological polar surface area (TPSA) is 126 Å². The van der Waals surface area contributed by atoms with Gasteiger partial charge >= 0.3 is 11.9 Å². The molecule has 0 unspecified atom stereocenters. The first kappa shape index (κ1) is 22.2. The Morgan fingerprint density at radius 3 is 2.30 bits per heavy atom. The Bertz CT molecular complexity index is 1020. The lowest BCUT2D eigenvalue weighted by atomic mass is 10.1. The summed E-state index contributed by atoms with van der Waals surface area (Å²) < 4.78 is 10.3. The maximum Gasteiger partial charge on any atom is 0.338 e. The Balaban J connectivity index is 2.27. The molecule has 0 radical (unpaired) electrons. The Morgan fingerprint density at radius 1 is 1.07 bits per heavy atom. The highest BCUT2D eigenvalue weighted by atomic mass is 16.5. The maximum absolute atomic E-state index is 12.5. The molecule has 0 bridgehead atoms. The van der Waals surface area contributed by atoms with E-state index >= 15 is 0 Å². The number of aromatic carboxylic acids is 1. The predicted molar refractivity (Wildman–Crippen MR) is 109 cm³/mol. The quantitative estimate of drug-likeness (QED) is 0.389. The molecule has 0 saturated heterocycles. The number of carboxylic acid groups (broad SMARTS) is 1. The van der Waals surface area contributed by atoms with Crippen LogP contribution in [-0.2, 0) is 9.53 Å². The number of hydrogen-bond donors (Lipinski definition) is 2. The second-order valence-electron chi connectivity index (χ2n) is 5.91. The van der Waals surface area contributed by atoms with Crippen LogP contribution in [0.5, 0.6) is 5.75 Å². The van der Waals surface area contributed by atoms with Gasteiger partial charge < -0.3 is 19.9 Å². The Labute approximate surface area is 173 Å². The van der Waals surface area contributed by atoms with Crippen molar-refractivity contribution < 1.29 is 29.0 Å². The number of amides is 1. The van der Waals surface area contributed by atoms with E-state index in [1.165, 1.54) is 48.5 Å². The zero-order valence-electron chi connectivity index (χ0n) is 16.5. The van der Waals surface area contributed by atoms with Crippen molar-refractivity contribution in [3.8, 4) is 11.8 Å². The molecule has 8 heteroatoms. The summed E-state index contributed by atoms with van der Waals surface area (Å²) in [6.07, 6.45) is 1.26. The minimum atomic E-state index is -1.14. The summed E-state index contributed by atoms with van der Waals surface area (Å²) in [4.78, 5) is 35.4. The lowest BCUT2D eigenvalue weighted by Crippen LogP contribution is -2.14. The molecule has 2 aromatic rings. The summed E-state index contributed by atoms with van der Waals surface area (Å²) in [5.74, 6) is -1.96. The van der Waals surface area contributed by atoms with Crippen LogP contribution in [-0.4, -0.2) is 36.2 Å². The molecule has 154 valence electrons. The predicted octanol–water partition coefficient (Wildman–Crippen LogP) is 3.51. The molecule has 0 atom stereocenters. The van der Waals surface area contributed by atoms with Crippen LogP contribution in [0.4, 0.5) is 5.69 Å². The second-order valence-corrected chi connectivity index (χ2v) is 5.91. The first-order valence-electron chi connectivity index (χ1n) is 9.10. The number of rotatable bonds is 8. The molecule has 2 aromatic carbocycles. The summed E-state index contributed by atoms with van der Waals surface area (Å²) in [5.41, 5.74) is 0.752. The minimum absolute atomic E-state index is 0.00282. The van der Waals surface area contributed by atoms with Crippen LogP contribution in [0.2, 0.25) is 0 Å². The Kier molecular flexibility index (Phi) is 7.71. The molecule has 0 aliphatic heterocycles. The highest BCUT2D eigenvalue weighted by Crippen LogP contribution is 2.24. The van der Waals surface area contributed by atoms with Crippen LogP contribution < -0.4 is 10.1 Å². The number of benzene rings is 2. The second kappa shape index (κ2) is 10.4. The van der Waals surface area contributed by atoms with Crippen molar-refractivity contribution in [2.75, 3.05) is 18.5 Å². The highest BCUT2D eigenvalue weighted by Gasteiger charge is 2.14. The fourth-order valence-corrected chi connectivity index (χ4v) is 2.49. The Morgan fingerprint density at radius 2 is 1.73 bits per heavy atom. The van der Waals surface area contributed by atoms with Crippen molar-refractivity contribution in [2.45, 2.75) is 13.8 Å². The van der Waals surface area contributed by atoms with E-state index in [1.807, 2.05) is 0 Å². The molecule has 0 aromatic heterocycles. The number of nitrogens with one attached hydrogen (secondary N) is 1. The smallest absolute Gasteiger partial charge is 0.338 e. The monoisotopic (exact) mass is 408 g/mol. The Hall–Kier alpha value is -4.12. The van der Waals surface area contributed by atoms with Crippen molar-refractivity contribution in [1.82, 2.24) is 0 Å². The molecule has 0 fully saturated rings. The number of ether oxygens (including phenoxy) is 2. The van der Waals surface area contributed by atoms with E-state index in [2.05, 4.69) is 5.32 Å². The number of nitriles is 1. The third kappa shape index (κ3) is 5.69. The van der Waals surface area contributed by atoms with Gasteiger partial charge in [0.1, 0.15) is 17.4 Å². The van der Waals surface area contributed by atoms with E-state index in [0.717, 1.165) is 0 Å². The lowest BCUT2D eigenvalue weighted by molar-refractivity contribution is -0.112. The van der Waals surface area contributed by atoms with Gasteiger partial charge in [-0.25, -0.2) is 9.59 Å². The summed E-state index contributed by atoms with van der Waals surface area (Å²) in [5, 5.41) is 21.2. The molecular formula is C22H20N2O6. The van der Waals surface area contributed by atoms with E-state index in [1.54, 1.807) is 19.9 Å². The molecule has 0 aliphatic rings. The molecule has 0 aliphatic carbocycles. The SMILES string of the molecule is CCOC(=O)c1ccc(NC(=O)/C(C#N)=C/c2cc(C(=O)O)ccc2OCC)cc1. The van der Waals surface area contributed by atoms with Gasteiger partial charge in [-0.1, -0.05) is 0 Å². The number of anilines is 1. The summed E-state index contributed by atoms with van der Waals surface area (Å²) in [7, 11) is 0. The van der Waals surface area contributed by atoms with E-state index in [9.17, 15) is 24.8 Å². The van der Waals surface area contributed by atoms with Crippen molar-refractivity contribution in [3.05, 3.63) is 64.7 Å². The van der Waals surface area contributed by atoms with Crippen molar-refractivity contribution in [1.29, 1.82) is 5.26 Å². The van der Waals surface area contributed by atoms with Gasteiger partial charge in [0, 0.05) is 11.3 Å². The van der Waals surface area contributed by atoms with Gasteiger partial charge in [0.15, 0.2) is 0 Å². The number of carboxylic acids is 1. The average Bonchev–Trinajstić information content (AvgIpc) is 2.73. The zero-order valence-corrected chi connectivity index (χ0v) is 16.5. The number of esters is 1. The normalized spacial score (nSPS) is 10.6. The molecule has 8 nitrogen and oxygen atoms in total. The first-order chi connectivity index (χ1) is 14.4. The fraction of sp³-hybridized carbons (Fsp3) is 0.182. The van der Waals surface area contributed by atoms with Gasteiger partial charge in [-0.05, 0) is 62.4 Å². The van der Waals surface area contributed by atoms with Gasteiger partial charge in [0.05, 0.1) is 24.3 Å². The molecule has 30 heavy (non-hydrogen) atoms. The number of carbonyl (C=O) groups excluding carboxylic acids is 2. The average molecular weight is 408 g/mol. The molecule has 0 heterocycles. The van der Waals surface area contributed by atoms with Crippen LogP contribution >= 0.6 is 0 Å². The van der Waals surface area contributed by atoms with Gasteiger partial charge in [0.25, 0.3) is 5.91 Å². The van der Waals surface area contributed by atoms with Gasteiger partial charge in [-0.3, -0.25) is 4.79 Å². The van der Waals surface area contributed by atoms with Crippen LogP contribution in [0.15, 0.2) is 48.0 Å². The maximum atomic E-state index is 12.5. The molecule has 0 saturated carbocycles.